The molecule has 6 N–H and O–H groups in total. The van der Waals surface area contributed by atoms with Crippen molar-refractivity contribution in [1.29, 1.82) is 0 Å². The summed E-state index contributed by atoms with van der Waals surface area (Å²) in [6.45, 7) is 10.8. The van der Waals surface area contributed by atoms with E-state index >= 15 is 0 Å². The van der Waals surface area contributed by atoms with E-state index in [-0.39, 0.29) is 26.0 Å². The number of alkyl carbamates (subject to hydrolysis) is 2. The molecule has 0 spiro atoms. The van der Waals surface area contributed by atoms with Crippen LogP contribution in [0.5, 0.6) is 0 Å². The first-order valence-electron chi connectivity index (χ1n) is 15.0. The van der Waals surface area contributed by atoms with Gasteiger partial charge in [0.25, 0.3) is 0 Å². The Kier molecular flexibility index (Phi) is 16.8. The average molecular weight is 622 g/mol. The number of ether oxygens (including phenoxy) is 3. The molecule has 0 aliphatic carbocycles. The summed E-state index contributed by atoms with van der Waals surface area (Å²) in [6.07, 6.45) is 1.29. The number of nitrogens with two attached hydrogens (primary N) is 1. The van der Waals surface area contributed by atoms with E-state index in [1.165, 1.54) is 0 Å². The predicted octanol–water partition coefficient (Wildman–Crippen LogP) is 3.05. The highest BCUT2D eigenvalue weighted by molar-refractivity contribution is 5.92. The maximum absolute atomic E-state index is 13.4. The minimum atomic E-state index is -1.02. The van der Waals surface area contributed by atoms with Crippen LogP contribution in [0.25, 0.3) is 0 Å². The molecule has 0 heterocycles. The Bertz CT molecular complexity index is 1050. The number of amides is 4. The quantitative estimate of drug-likeness (QED) is 0.0990. The zero-order chi connectivity index (χ0) is 33.2. The average Bonchev–Trinajstić information content (AvgIpc) is 2.92. The van der Waals surface area contributed by atoms with Gasteiger partial charge in [0, 0.05) is 6.54 Å². The summed E-state index contributed by atoms with van der Waals surface area (Å²) in [5, 5.41) is 10.5. The molecule has 1 rings (SSSR count). The number of nitrogens with one attached hydrogen (secondary N) is 4. The number of carbonyl (C=O) groups is 5. The van der Waals surface area contributed by atoms with Gasteiger partial charge in [-0.15, -0.1) is 0 Å². The molecule has 4 amide bonds. The van der Waals surface area contributed by atoms with Gasteiger partial charge in [-0.2, -0.15) is 0 Å². The Morgan fingerprint density at radius 3 is 1.89 bits per heavy atom. The number of benzene rings is 1. The largest absolute Gasteiger partial charge is 0.460 e. The highest BCUT2D eigenvalue weighted by Crippen LogP contribution is 2.10. The van der Waals surface area contributed by atoms with Gasteiger partial charge >= 0.3 is 18.2 Å². The van der Waals surface area contributed by atoms with E-state index in [2.05, 4.69) is 21.3 Å². The van der Waals surface area contributed by atoms with Crippen LogP contribution in [0.3, 0.4) is 0 Å². The molecule has 1 aromatic carbocycles. The third-order valence-corrected chi connectivity index (χ3v) is 5.82. The lowest BCUT2D eigenvalue weighted by molar-refractivity contribution is -0.145. The van der Waals surface area contributed by atoms with Crippen molar-refractivity contribution in [3.8, 4) is 0 Å². The van der Waals surface area contributed by atoms with Gasteiger partial charge < -0.3 is 41.2 Å². The number of hydrogen-bond donors (Lipinski definition) is 5. The van der Waals surface area contributed by atoms with Gasteiger partial charge in [-0.1, -0.05) is 30.3 Å². The summed E-state index contributed by atoms with van der Waals surface area (Å²) >= 11 is 0. The first-order chi connectivity index (χ1) is 20.6. The smallest absolute Gasteiger partial charge is 0.408 e. The van der Waals surface area contributed by atoms with E-state index in [0.717, 1.165) is 5.56 Å². The van der Waals surface area contributed by atoms with Crippen molar-refractivity contribution in [2.75, 3.05) is 19.6 Å². The summed E-state index contributed by atoms with van der Waals surface area (Å²) < 4.78 is 15.8. The van der Waals surface area contributed by atoms with Crippen molar-refractivity contribution in [3.05, 3.63) is 35.9 Å². The van der Waals surface area contributed by atoms with E-state index in [4.69, 9.17) is 19.9 Å². The molecule has 1 aromatic rings. The summed E-state index contributed by atoms with van der Waals surface area (Å²) in [5.41, 5.74) is 5.00. The van der Waals surface area contributed by atoms with Crippen LogP contribution in [-0.4, -0.2) is 72.9 Å². The first kappa shape index (κ1) is 38.2. The molecule has 0 radical (unpaired) electrons. The van der Waals surface area contributed by atoms with Crippen LogP contribution in [0, 0.1) is 0 Å². The molecule has 0 bridgehead atoms. The van der Waals surface area contributed by atoms with Crippen molar-refractivity contribution < 1.29 is 38.2 Å². The van der Waals surface area contributed by atoms with Gasteiger partial charge in [0.2, 0.25) is 11.8 Å². The number of rotatable bonds is 17. The van der Waals surface area contributed by atoms with Gasteiger partial charge in [-0.05, 0) is 92.2 Å². The molecule has 44 heavy (non-hydrogen) atoms. The monoisotopic (exact) mass is 621 g/mol. The fourth-order valence-electron chi connectivity index (χ4n) is 3.80. The van der Waals surface area contributed by atoms with Gasteiger partial charge in [0.05, 0.1) is 0 Å². The fourth-order valence-corrected chi connectivity index (χ4v) is 3.80. The maximum atomic E-state index is 13.4. The van der Waals surface area contributed by atoms with Crippen molar-refractivity contribution in [1.82, 2.24) is 21.3 Å². The third-order valence-electron chi connectivity index (χ3n) is 5.82. The van der Waals surface area contributed by atoms with Crippen molar-refractivity contribution >= 4 is 30.0 Å². The molecule has 248 valence electrons. The highest BCUT2D eigenvalue weighted by Gasteiger charge is 2.28. The number of hydrogen-bond acceptors (Lipinski definition) is 9. The van der Waals surface area contributed by atoms with Gasteiger partial charge in [-0.25, -0.2) is 9.59 Å². The number of carbonyl (C=O) groups excluding carboxylic acids is 5. The SMILES string of the molecule is CC(C)(C)OC(=O)NCCCCC(NC(=O)OC(C)(C)C)C(=O)NC(CCCCN)C(=O)NCC(=O)OCc1ccccc1. The van der Waals surface area contributed by atoms with E-state index in [0.29, 0.717) is 38.8 Å². The zero-order valence-electron chi connectivity index (χ0n) is 27.0. The van der Waals surface area contributed by atoms with E-state index in [1.54, 1.807) is 41.5 Å². The van der Waals surface area contributed by atoms with Gasteiger partial charge in [-0.3, -0.25) is 14.4 Å². The van der Waals surface area contributed by atoms with Crippen LogP contribution in [0.2, 0.25) is 0 Å². The molecular formula is C31H51N5O8. The van der Waals surface area contributed by atoms with E-state index in [9.17, 15) is 24.0 Å². The standard InChI is InChI=1S/C31H51N5O8/c1-30(2,3)43-28(40)33-19-13-11-17-24(36-29(41)44-31(4,5)6)27(39)35-23(16-10-12-18-32)26(38)34-20-25(37)42-21-22-14-8-7-9-15-22/h7-9,14-15,23-24H,10-13,16-21,32H2,1-6H3,(H,33,40)(H,34,38)(H,35,39)(H,36,41). The minimum absolute atomic E-state index is 0.0670. The molecule has 2 atom stereocenters. The topological polar surface area (TPSA) is 187 Å². The van der Waals surface area contributed by atoms with Crippen LogP contribution in [0.1, 0.15) is 85.6 Å². The molecule has 0 fully saturated rings. The summed E-state index contributed by atoms with van der Waals surface area (Å²) in [4.78, 5) is 63.0. The predicted molar refractivity (Wildman–Crippen MR) is 165 cm³/mol. The lowest BCUT2D eigenvalue weighted by atomic mass is 10.1. The lowest BCUT2D eigenvalue weighted by Gasteiger charge is -2.25. The molecule has 0 saturated heterocycles. The lowest BCUT2D eigenvalue weighted by Crippen LogP contribution is -2.54. The second kappa shape index (κ2) is 19.4. The normalized spacial score (nSPS) is 12.7. The molecule has 13 nitrogen and oxygen atoms in total. The Balaban J connectivity index is 2.80. The molecule has 0 aromatic heterocycles. The second-order valence-corrected chi connectivity index (χ2v) is 12.3. The molecule has 0 aliphatic rings. The summed E-state index contributed by atoms with van der Waals surface area (Å²) in [6, 6.07) is 7.13. The maximum Gasteiger partial charge on any atom is 0.408 e. The van der Waals surface area contributed by atoms with Gasteiger partial charge in [0.15, 0.2) is 0 Å². The highest BCUT2D eigenvalue weighted by atomic mass is 16.6. The fraction of sp³-hybridized carbons (Fsp3) is 0.645. The van der Waals surface area contributed by atoms with Crippen LogP contribution in [0.15, 0.2) is 30.3 Å². The van der Waals surface area contributed by atoms with Crippen molar-refractivity contribution in [3.63, 3.8) is 0 Å². The van der Waals surface area contributed by atoms with Crippen LogP contribution in [-0.2, 0) is 35.2 Å². The summed E-state index contributed by atoms with van der Waals surface area (Å²) in [5.74, 6) is -1.78. The third kappa shape index (κ3) is 18.6. The second-order valence-electron chi connectivity index (χ2n) is 12.3. The minimum Gasteiger partial charge on any atom is -0.460 e. The van der Waals surface area contributed by atoms with Crippen molar-refractivity contribution in [2.24, 2.45) is 5.73 Å². The number of esters is 1. The molecule has 0 saturated carbocycles. The Hall–Kier alpha value is -3.87. The Morgan fingerprint density at radius 2 is 1.30 bits per heavy atom. The molecule has 13 heteroatoms. The van der Waals surface area contributed by atoms with Crippen LogP contribution >= 0.6 is 0 Å². The molecule has 0 aliphatic heterocycles. The Morgan fingerprint density at radius 1 is 0.727 bits per heavy atom. The summed E-state index contributed by atoms with van der Waals surface area (Å²) in [7, 11) is 0. The van der Waals surface area contributed by atoms with Gasteiger partial charge in [0.1, 0.15) is 36.4 Å². The first-order valence-corrected chi connectivity index (χ1v) is 15.0. The van der Waals surface area contributed by atoms with Crippen molar-refractivity contribution in [2.45, 2.75) is 110 Å². The van der Waals surface area contributed by atoms with E-state index < -0.39 is 53.3 Å². The zero-order valence-corrected chi connectivity index (χ0v) is 27.0. The van der Waals surface area contributed by atoms with Crippen LogP contribution < -0.4 is 27.0 Å². The van der Waals surface area contributed by atoms with Crippen LogP contribution in [0.4, 0.5) is 9.59 Å². The molecule has 2 unspecified atom stereocenters. The Labute approximate surface area is 260 Å². The number of unbranched alkanes of at least 4 members (excludes halogenated alkanes) is 2. The van der Waals surface area contributed by atoms with E-state index in [1.807, 2.05) is 30.3 Å². The molecular weight excluding hydrogens is 570 g/mol.